The zero-order valence-electron chi connectivity index (χ0n) is 19.3. The lowest BCUT2D eigenvalue weighted by Crippen LogP contribution is -2.44. The van der Waals surface area contributed by atoms with Gasteiger partial charge in [0.15, 0.2) is 0 Å². The monoisotopic (exact) mass is 485 g/mol. The Morgan fingerprint density at radius 1 is 1.09 bits per heavy atom. The zero-order valence-corrected chi connectivity index (χ0v) is 20.1. The molecule has 10 heteroatoms. The van der Waals surface area contributed by atoms with Crippen molar-refractivity contribution in [3.63, 3.8) is 0 Å². The van der Waals surface area contributed by atoms with E-state index in [-0.39, 0.29) is 16.6 Å². The summed E-state index contributed by atoms with van der Waals surface area (Å²) in [5.74, 6) is -0.975. The van der Waals surface area contributed by atoms with Crippen molar-refractivity contribution in [2.75, 3.05) is 17.9 Å². The third-order valence-corrected chi connectivity index (χ3v) is 8.33. The molecule has 0 atom stereocenters. The van der Waals surface area contributed by atoms with Gasteiger partial charge >= 0.3 is 12.0 Å². The molecular weight excluding hydrogens is 458 g/mol. The Kier molecular flexibility index (Phi) is 6.11. The lowest BCUT2D eigenvalue weighted by Gasteiger charge is -2.21. The van der Waals surface area contributed by atoms with Gasteiger partial charge in [-0.3, -0.25) is 14.0 Å². The van der Waals surface area contributed by atoms with Gasteiger partial charge in [0.25, 0.3) is 15.9 Å². The maximum absolute atomic E-state index is 13.1. The van der Waals surface area contributed by atoms with Gasteiger partial charge in [0.2, 0.25) is 0 Å². The number of nitrogens with one attached hydrogen (secondary N) is 1. The number of rotatable bonds is 6. The Morgan fingerprint density at radius 2 is 1.74 bits per heavy atom. The highest BCUT2D eigenvalue weighted by molar-refractivity contribution is 7.92. The zero-order chi connectivity index (χ0) is 24.7. The maximum Gasteiger partial charge on any atom is 0.331 e. The van der Waals surface area contributed by atoms with Crippen molar-refractivity contribution >= 4 is 33.6 Å². The first-order valence-electron chi connectivity index (χ1n) is 11.0. The molecule has 1 N–H and O–H groups in total. The van der Waals surface area contributed by atoms with E-state index < -0.39 is 34.1 Å². The molecule has 2 aliphatic rings. The predicted octanol–water partition coefficient (Wildman–Crippen LogP) is 2.90. The molecule has 0 unspecified atom stereocenters. The summed E-state index contributed by atoms with van der Waals surface area (Å²) >= 11 is 0. The fourth-order valence-electron chi connectivity index (χ4n) is 4.43. The van der Waals surface area contributed by atoms with Crippen LogP contribution in [-0.4, -0.2) is 50.4 Å². The van der Waals surface area contributed by atoms with Crippen LogP contribution in [0.5, 0.6) is 5.75 Å². The number of benzene rings is 2. The molecule has 0 aromatic heterocycles. The number of imide groups is 1. The van der Waals surface area contributed by atoms with Crippen molar-refractivity contribution in [2.24, 2.45) is 0 Å². The van der Waals surface area contributed by atoms with Gasteiger partial charge in [0.05, 0.1) is 10.6 Å². The Morgan fingerprint density at radius 3 is 2.38 bits per heavy atom. The highest BCUT2D eigenvalue weighted by Crippen LogP contribution is 2.35. The molecule has 1 aliphatic heterocycles. The van der Waals surface area contributed by atoms with E-state index in [2.05, 4.69) is 5.32 Å². The number of hydrogen-bond donors (Lipinski definition) is 1. The number of urea groups is 1. The molecule has 1 heterocycles. The number of sulfonamides is 1. The van der Waals surface area contributed by atoms with Crippen molar-refractivity contribution in [1.82, 2.24) is 10.2 Å². The van der Waals surface area contributed by atoms with Crippen LogP contribution >= 0.6 is 0 Å². The third-order valence-electron chi connectivity index (χ3n) is 6.40. The SMILES string of the molecule is Cc1ccc(C)c(S(=O)(=O)N(C)c2ccc(OC(=O)CN3C(=O)NC4(CCCC4)C3=O)cc2)c1. The summed E-state index contributed by atoms with van der Waals surface area (Å²) in [5, 5.41) is 2.72. The fourth-order valence-corrected chi connectivity index (χ4v) is 5.93. The first kappa shape index (κ1) is 23.7. The molecule has 2 aromatic rings. The number of anilines is 1. The average molecular weight is 486 g/mol. The fraction of sp³-hybridized carbons (Fsp3) is 0.375. The predicted molar refractivity (Wildman–Crippen MR) is 125 cm³/mol. The first-order chi connectivity index (χ1) is 16.0. The largest absolute Gasteiger partial charge is 0.425 e. The molecule has 9 nitrogen and oxygen atoms in total. The number of esters is 1. The summed E-state index contributed by atoms with van der Waals surface area (Å²) in [6, 6.07) is 10.6. The molecule has 4 rings (SSSR count). The van der Waals surface area contributed by atoms with Crippen LogP contribution < -0.4 is 14.4 Å². The quantitative estimate of drug-likeness (QED) is 0.382. The molecule has 2 aromatic carbocycles. The maximum atomic E-state index is 13.1. The number of nitrogens with zero attached hydrogens (tertiary/aromatic N) is 2. The van der Waals surface area contributed by atoms with Crippen molar-refractivity contribution < 1.29 is 27.5 Å². The van der Waals surface area contributed by atoms with Crippen molar-refractivity contribution in [3.05, 3.63) is 53.6 Å². The minimum Gasteiger partial charge on any atom is -0.425 e. The second kappa shape index (κ2) is 8.75. The van der Waals surface area contributed by atoms with E-state index in [9.17, 15) is 22.8 Å². The van der Waals surface area contributed by atoms with E-state index in [0.29, 0.717) is 24.1 Å². The smallest absolute Gasteiger partial charge is 0.331 e. The van der Waals surface area contributed by atoms with Crippen LogP contribution in [-0.2, 0) is 19.6 Å². The lowest BCUT2D eigenvalue weighted by molar-refractivity contribution is -0.140. The van der Waals surface area contributed by atoms with E-state index in [0.717, 1.165) is 27.6 Å². The van der Waals surface area contributed by atoms with Gasteiger partial charge in [-0.15, -0.1) is 0 Å². The number of ether oxygens (including phenoxy) is 1. The second-order valence-electron chi connectivity index (χ2n) is 8.82. The van der Waals surface area contributed by atoms with Crippen LogP contribution in [0.2, 0.25) is 0 Å². The standard InChI is InChI=1S/C24H27N3O6S/c1-16-6-7-17(2)20(14-16)34(31,32)26(3)18-8-10-19(11-9-18)33-21(28)15-27-22(29)24(25-23(27)30)12-4-5-13-24/h6-11,14H,4-5,12-13,15H2,1-3H3,(H,25,30). The van der Waals surface area contributed by atoms with Gasteiger partial charge in [-0.25, -0.2) is 18.0 Å². The van der Waals surface area contributed by atoms with Crippen molar-refractivity contribution in [2.45, 2.75) is 50.0 Å². The molecule has 0 radical (unpaired) electrons. The van der Waals surface area contributed by atoms with Crippen molar-refractivity contribution in [1.29, 1.82) is 0 Å². The van der Waals surface area contributed by atoms with Crippen LogP contribution in [0.25, 0.3) is 0 Å². The number of hydrogen-bond acceptors (Lipinski definition) is 6. The number of carbonyl (C=O) groups is 3. The van der Waals surface area contributed by atoms with E-state index in [1.165, 1.54) is 31.3 Å². The molecule has 34 heavy (non-hydrogen) atoms. The van der Waals surface area contributed by atoms with Gasteiger partial charge in [0.1, 0.15) is 17.8 Å². The minimum atomic E-state index is -3.78. The molecule has 1 saturated heterocycles. The Hall–Kier alpha value is -3.40. The molecule has 1 saturated carbocycles. The topological polar surface area (TPSA) is 113 Å². The summed E-state index contributed by atoms with van der Waals surface area (Å²) in [4.78, 5) is 38.4. The van der Waals surface area contributed by atoms with Gasteiger partial charge in [-0.1, -0.05) is 25.0 Å². The van der Waals surface area contributed by atoms with Crippen LogP contribution in [0.15, 0.2) is 47.4 Å². The molecule has 0 bridgehead atoms. The molecule has 2 fully saturated rings. The molecule has 1 spiro atoms. The van der Waals surface area contributed by atoms with Crippen LogP contribution in [0.1, 0.15) is 36.8 Å². The number of carbonyl (C=O) groups excluding carboxylic acids is 3. The van der Waals surface area contributed by atoms with Gasteiger partial charge in [0, 0.05) is 7.05 Å². The minimum absolute atomic E-state index is 0.175. The lowest BCUT2D eigenvalue weighted by atomic mass is 9.98. The third kappa shape index (κ3) is 4.25. The molecule has 3 amide bonds. The summed E-state index contributed by atoms with van der Waals surface area (Å²) < 4.78 is 32.6. The van der Waals surface area contributed by atoms with E-state index in [1.807, 2.05) is 13.0 Å². The summed E-state index contributed by atoms with van der Waals surface area (Å²) in [6.07, 6.45) is 2.85. The first-order valence-corrected chi connectivity index (χ1v) is 12.5. The van der Waals surface area contributed by atoms with E-state index in [4.69, 9.17) is 4.74 Å². The van der Waals surface area contributed by atoms with Gasteiger partial charge in [-0.2, -0.15) is 0 Å². The molecular formula is C24H27N3O6S. The van der Waals surface area contributed by atoms with Gasteiger partial charge in [-0.05, 0) is 68.1 Å². The Balaban J connectivity index is 1.43. The summed E-state index contributed by atoms with van der Waals surface area (Å²) in [6.45, 7) is 3.08. The normalized spacial score (nSPS) is 17.2. The Labute approximate surface area is 198 Å². The van der Waals surface area contributed by atoms with E-state index in [1.54, 1.807) is 19.1 Å². The molecule has 180 valence electrons. The second-order valence-corrected chi connectivity index (χ2v) is 10.8. The highest BCUT2D eigenvalue weighted by Gasteiger charge is 2.52. The number of aryl methyl sites for hydroxylation is 2. The molecule has 1 aliphatic carbocycles. The van der Waals surface area contributed by atoms with E-state index >= 15 is 0 Å². The highest BCUT2D eigenvalue weighted by atomic mass is 32.2. The van der Waals surface area contributed by atoms with Crippen LogP contribution in [0.3, 0.4) is 0 Å². The van der Waals surface area contributed by atoms with Crippen molar-refractivity contribution in [3.8, 4) is 5.75 Å². The summed E-state index contributed by atoms with van der Waals surface area (Å²) in [7, 11) is -2.33. The van der Waals surface area contributed by atoms with Gasteiger partial charge < -0.3 is 10.1 Å². The van der Waals surface area contributed by atoms with Crippen LogP contribution in [0.4, 0.5) is 10.5 Å². The number of amides is 3. The average Bonchev–Trinajstić information content (AvgIpc) is 3.36. The summed E-state index contributed by atoms with van der Waals surface area (Å²) in [5.41, 5.74) is 0.981. The Bertz CT molecular complexity index is 1250. The van der Waals surface area contributed by atoms with Crippen LogP contribution in [0, 0.1) is 13.8 Å².